The van der Waals surface area contributed by atoms with Crippen molar-refractivity contribution in [3.8, 4) is 0 Å². The molecule has 0 spiro atoms. The minimum absolute atomic E-state index is 0.330. The van der Waals surface area contributed by atoms with E-state index < -0.39 is 0 Å². The number of aromatic nitrogens is 2. The fourth-order valence-corrected chi connectivity index (χ4v) is 3.33. The molecule has 0 saturated heterocycles. The standard InChI is InChI=1S/C16H18N4S/c1-10-6-4-5-7-12(10)9-20(3)14-13-8-11(2)21-15(13)19-16(17)18-14/h4-8H,9H2,1-3H3,(H2,17,18,19). The summed E-state index contributed by atoms with van der Waals surface area (Å²) in [5.41, 5.74) is 8.42. The number of hydrogen-bond acceptors (Lipinski definition) is 5. The van der Waals surface area contributed by atoms with E-state index in [4.69, 9.17) is 5.73 Å². The SMILES string of the molecule is Cc1cc2c(N(C)Cc3ccccc3C)nc(N)nc2s1. The van der Waals surface area contributed by atoms with Crippen molar-refractivity contribution in [2.24, 2.45) is 0 Å². The Morgan fingerprint density at radius 2 is 1.95 bits per heavy atom. The first-order valence-electron chi connectivity index (χ1n) is 6.84. The van der Waals surface area contributed by atoms with Crippen LogP contribution in [0.1, 0.15) is 16.0 Å². The topological polar surface area (TPSA) is 55.0 Å². The third-order valence-electron chi connectivity index (χ3n) is 3.54. The van der Waals surface area contributed by atoms with Crippen LogP contribution in [0.2, 0.25) is 0 Å². The van der Waals surface area contributed by atoms with E-state index in [2.05, 4.69) is 59.0 Å². The first kappa shape index (κ1) is 13.8. The lowest BCUT2D eigenvalue weighted by Gasteiger charge is -2.20. The zero-order valence-corrected chi connectivity index (χ0v) is 13.2. The second-order valence-electron chi connectivity index (χ2n) is 5.26. The van der Waals surface area contributed by atoms with Gasteiger partial charge in [0.2, 0.25) is 5.95 Å². The molecule has 3 rings (SSSR count). The second-order valence-corrected chi connectivity index (χ2v) is 6.50. The molecular formula is C16H18N4S. The number of thiophene rings is 1. The minimum Gasteiger partial charge on any atom is -0.368 e. The van der Waals surface area contributed by atoms with Crippen LogP contribution in [0.15, 0.2) is 30.3 Å². The Labute approximate surface area is 128 Å². The lowest BCUT2D eigenvalue weighted by molar-refractivity contribution is 0.895. The highest BCUT2D eigenvalue weighted by molar-refractivity contribution is 7.18. The number of nitrogens with two attached hydrogens (primary N) is 1. The van der Waals surface area contributed by atoms with Gasteiger partial charge in [-0.1, -0.05) is 24.3 Å². The van der Waals surface area contributed by atoms with Crippen molar-refractivity contribution in [1.82, 2.24) is 9.97 Å². The summed E-state index contributed by atoms with van der Waals surface area (Å²) in [6, 6.07) is 10.5. The van der Waals surface area contributed by atoms with Crippen LogP contribution < -0.4 is 10.6 Å². The summed E-state index contributed by atoms with van der Waals surface area (Å²) in [7, 11) is 2.04. The zero-order valence-electron chi connectivity index (χ0n) is 12.4. The molecule has 0 amide bonds. The largest absolute Gasteiger partial charge is 0.368 e. The van der Waals surface area contributed by atoms with E-state index in [1.807, 2.05) is 7.05 Å². The molecule has 0 aliphatic carbocycles. The first-order chi connectivity index (χ1) is 10.0. The molecule has 0 atom stereocenters. The van der Waals surface area contributed by atoms with Gasteiger partial charge in [-0.15, -0.1) is 11.3 Å². The number of fused-ring (bicyclic) bond motifs is 1. The summed E-state index contributed by atoms with van der Waals surface area (Å²) in [5.74, 6) is 1.22. The van der Waals surface area contributed by atoms with Crippen molar-refractivity contribution >= 4 is 33.3 Å². The molecule has 0 aliphatic heterocycles. The third kappa shape index (κ3) is 2.69. The van der Waals surface area contributed by atoms with Crippen molar-refractivity contribution in [2.45, 2.75) is 20.4 Å². The number of benzene rings is 1. The number of rotatable bonds is 3. The molecule has 0 bridgehead atoms. The van der Waals surface area contributed by atoms with Gasteiger partial charge in [0, 0.05) is 18.5 Å². The van der Waals surface area contributed by atoms with Gasteiger partial charge in [-0.3, -0.25) is 0 Å². The molecule has 0 unspecified atom stereocenters. The average Bonchev–Trinajstić information content (AvgIpc) is 2.80. The van der Waals surface area contributed by atoms with Crippen molar-refractivity contribution < 1.29 is 0 Å². The highest BCUT2D eigenvalue weighted by Gasteiger charge is 2.13. The summed E-state index contributed by atoms with van der Waals surface area (Å²) in [4.78, 5) is 13.1. The van der Waals surface area contributed by atoms with Gasteiger partial charge in [0.05, 0.1) is 5.39 Å². The molecule has 2 N–H and O–H groups in total. The molecular weight excluding hydrogens is 280 g/mol. The highest BCUT2D eigenvalue weighted by atomic mass is 32.1. The Kier molecular flexibility index (Phi) is 3.51. The smallest absolute Gasteiger partial charge is 0.223 e. The van der Waals surface area contributed by atoms with Gasteiger partial charge in [0.15, 0.2) is 0 Å². The summed E-state index contributed by atoms with van der Waals surface area (Å²) in [6.07, 6.45) is 0. The Morgan fingerprint density at radius 1 is 1.19 bits per heavy atom. The summed E-state index contributed by atoms with van der Waals surface area (Å²) >= 11 is 1.65. The highest BCUT2D eigenvalue weighted by Crippen LogP contribution is 2.31. The van der Waals surface area contributed by atoms with Crippen LogP contribution >= 0.6 is 11.3 Å². The van der Waals surface area contributed by atoms with Crippen LogP contribution in [0.5, 0.6) is 0 Å². The number of nitrogens with zero attached hydrogens (tertiary/aromatic N) is 3. The van der Waals surface area contributed by atoms with Crippen LogP contribution in [0, 0.1) is 13.8 Å². The molecule has 1 aromatic carbocycles. The Balaban J connectivity index is 2.01. The van der Waals surface area contributed by atoms with Crippen LogP contribution in [0.3, 0.4) is 0 Å². The number of nitrogen functional groups attached to an aromatic ring is 1. The molecule has 0 radical (unpaired) electrons. The zero-order chi connectivity index (χ0) is 15.0. The molecule has 21 heavy (non-hydrogen) atoms. The molecule has 4 nitrogen and oxygen atoms in total. The fourth-order valence-electron chi connectivity index (χ4n) is 2.45. The Bertz CT molecular complexity index is 794. The van der Waals surface area contributed by atoms with Crippen molar-refractivity contribution in [1.29, 1.82) is 0 Å². The van der Waals surface area contributed by atoms with Crippen molar-refractivity contribution in [2.75, 3.05) is 17.7 Å². The maximum absolute atomic E-state index is 5.85. The monoisotopic (exact) mass is 298 g/mol. The lowest BCUT2D eigenvalue weighted by atomic mass is 10.1. The Morgan fingerprint density at radius 3 is 2.71 bits per heavy atom. The molecule has 0 fully saturated rings. The van der Waals surface area contributed by atoms with Gasteiger partial charge in [0.1, 0.15) is 10.6 Å². The average molecular weight is 298 g/mol. The van der Waals surface area contributed by atoms with Crippen LogP contribution in [0.25, 0.3) is 10.2 Å². The van der Waals surface area contributed by atoms with E-state index in [0.717, 1.165) is 22.6 Å². The van der Waals surface area contributed by atoms with Crippen LogP contribution in [-0.2, 0) is 6.54 Å². The van der Waals surface area contributed by atoms with Crippen LogP contribution in [0.4, 0.5) is 11.8 Å². The minimum atomic E-state index is 0.330. The molecule has 108 valence electrons. The van der Waals surface area contributed by atoms with Crippen molar-refractivity contribution in [3.63, 3.8) is 0 Å². The van der Waals surface area contributed by atoms with Gasteiger partial charge in [-0.2, -0.15) is 4.98 Å². The first-order valence-corrected chi connectivity index (χ1v) is 7.65. The molecule has 3 aromatic rings. The van der Waals surface area contributed by atoms with E-state index in [-0.39, 0.29) is 0 Å². The van der Waals surface area contributed by atoms with Gasteiger partial charge in [-0.05, 0) is 31.0 Å². The summed E-state index contributed by atoms with van der Waals surface area (Å²) in [5, 5.41) is 1.07. The van der Waals surface area contributed by atoms with Gasteiger partial charge < -0.3 is 10.6 Å². The maximum Gasteiger partial charge on any atom is 0.223 e. The predicted molar refractivity (Wildman–Crippen MR) is 89.9 cm³/mol. The molecule has 2 heterocycles. The molecule has 5 heteroatoms. The van der Waals surface area contributed by atoms with E-state index in [0.29, 0.717) is 5.95 Å². The van der Waals surface area contributed by atoms with Gasteiger partial charge >= 0.3 is 0 Å². The maximum atomic E-state index is 5.85. The van der Waals surface area contributed by atoms with Crippen molar-refractivity contribution in [3.05, 3.63) is 46.3 Å². The quantitative estimate of drug-likeness (QED) is 0.803. The second kappa shape index (κ2) is 5.33. The molecule has 0 aliphatic rings. The lowest BCUT2D eigenvalue weighted by Crippen LogP contribution is -2.19. The predicted octanol–water partition coefficient (Wildman–Crippen LogP) is 3.53. The van der Waals surface area contributed by atoms with Gasteiger partial charge in [0.25, 0.3) is 0 Å². The van der Waals surface area contributed by atoms with E-state index in [1.165, 1.54) is 16.0 Å². The van der Waals surface area contributed by atoms with Crippen LogP contribution in [-0.4, -0.2) is 17.0 Å². The van der Waals surface area contributed by atoms with E-state index in [1.54, 1.807) is 11.3 Å². The van der Waals surface area contributed by atoms with E-state index >= 15 is 0 Å². The summed E-state index contributed by atoms with van der Waals surface area (Å²) < 4.78 is 0. The normalized spacial score (nSPS) is 11.0. The number of anilines is 2. The molecule has 0 saturated carbocycles. The summed E-state index contributed by atoms with van der Waals surface area (Å²) in [6.45, 7) is 5.00. The van der Waals surface area contributed by atoms with Gasteiger partial charge in [-0.25, -0.2) is 4.98 Å². The number of aryl methyl sites for hydroxylation is 2. The third-order valence-corrected chi connectivity index (χ3v) is 4.49. The fraction of sp³-hybridized carbons (Fsp3) is 0.250. The molecule has 2 aromatic heterocycles. The Hall–Kier alpha value is -2.14. The van der Waals surface area contributed by atoms with E-state index in [9.17, 15) is 0 Å². The number of hydrogen-bond donors (Lipinski definition) is 1.